The van der Waals surface area contributed by atoms with Gasteiger partial charge >= 0.3 is 6.18 Å². The molecule has 0 aliphatic rings. The molecule has 1 amide bonds. The van der Waals surface area contributed by atoms with E-state index < -0.39 is 17.8 Å². The van der Waals surface area contributed by atoms with Crippen LogP contribution in [0.3, 0.4) is 0 Å². The highest BCUT2D eigenvalue weighted by Crippen LogP contribution is 2.29. The van der Waals surface area contributed by atoms with Crippen LogP contribution in [0.4, 0.5) is 18.9 Å². The van der Waals surface area contributed by atoms with Gasteiger partial charge in [0.1, 0.15) is 5.69 Å². The lowest BCUT2D eigenvalue weighted by Crippen LogP contribution is -2.27. The van der Waals surface area contributed by atoms with Crippen LogP contribution in [0.1, 0.15) is 16.1 Å². The van der Waals surface area contributed by atoms with E-state index in [0.717, 1.165) is 18.3 Å². The van der Waals surface area contributed by atoms with Crippen LogP contribution in [-0.2, 0) is 6.18 Å². The number of anilines is 1. The molecule has 0 saturated carbocycles. The first-order chi connectivity index (χ1) is 10.3. The van der Waals surface area contributed by atoms with E-state index in [0.29, 0.717) is 11.4 Å². The maximum Gasteiger partial charge on any atom is 0.433 e. The number of carbonyl (C=O) groups excluding carboxylic acids is 1. The molecule has 0 N–H and O–H groups in total. The third-order valence-electron chi connectivity index (χ3n) is 2.95. The van der Waals surface area contributed by atoms with Crippen LogP contribution in [0.5, 0.6) is 5.75 Å². The molecule has 8 heteroatoms. The van der Waals surface area contributed by atoms with Crippen LogP contribution in [-0.4, -0.2) is 30.0 Å². The average molecular weight is 311 g/mol. The Kier molecular flexibility index (Phi) is 4.30. The molecule has 0 fully saturated rings. The number of methoxy groups -OCH3 is 1. The van der Waals surface area contributed by atoms with Crippen LogP contribution < -0.4 is 9.64 Å². The summed E-state index contributed by atoms with van der Waals surface area (Å²) in [5.41, 5.74) is -0.565. The van der Waals surface area contributed by atoms with Crippen molar-refractivity contribution in [1.82, 2.24) is 9.97 Å². The first-order valence-electron chi connectivity index (χ1n) is 6.14. The highest BCUT2D eigenvalue weighted by atomic mass is 19.4. The minimum atomic E-state index is -4.54. The fraction of sp³-hybridized carbons (Fsp3) is 0.214. The molecular formula is C14H12F3N3O2. The lowest BCUT2D eigenvalue weighted by molar-refractivity contribution is -0.141. The molecule has 0 atom stereocenters. The Morgan fingerprint density at radius 3 is 2.50 bits per heavy atom. The number of halogens is 3. The number of amides is 1. The van der Waals surface area contributed by atoms with Crippen LogP contribution in [0.25, 0.3) is 0 Å². The number of pyridine rings is 2. The van der Waals surface area contributed by atoms with E-state index in [-0.39, 0.29) is 5.56 Å². The van der Waals surface area contributed by atoms with Gasteiger partial charge in [0, 0.05) is 19.4 Å². The van der Waals surface area contributed by atoms with Gasteiger partial charge in [0.05, 0.1) is 24.6 Å². The summed E-state index contributed by atoms with van der Waals surface area (Å²) in [7, 11) is 2.91. The van der Waals surface area contributed by atoms with Crippen molar-refractivity contribution in [2.45, 2.75) is 6.18 Å². The van der Waals surface area contributed by atoms with Crippen molar-refractivity contribution in [3.8, 4) is 5.75 Å². The molecule has 5 nitrogen and oxygen atoms in total. The molecule has 0 spiro atoms. The van der Waals surface area contributed by atoms with E-state index in [1.807, 2.05) is 0 Å². The largest absolute Gasteiger partial charge is 0.493 e. The second kappa shape index (κ2) is 6.00. The van der Waals surface area contributed by atoms with Crippen molar-refractivity contribution in [3.63, 3.8) is 0 Å². The van der Waals surface area contributed by atoms with Gasteiger partial charge in [0.2, 0.25) is 0 Å². The zero-order valence-electron chi connectivity index (χ0n) is 11.8. The normalized spacial score (nSPS) is 11.1. The number of hydrogen-bond acceptors (Lipinski definition) is 4. The maximum absolute atomic E-state index is 12.5. The fourth-order valence-electron chi connectivity index (χ4n) is 1.80. The summed E-state index contributed by atoms with van der Waals surface area (Å²) in [4.78, 5) is 20.7. The molecule has 0 aliphatic heterocycles. The van der Waals surface area contributed by atoms with Gasteiger partial charge in [-0.15, -0.1) is 0 Å². The Balaban J connectivity index is 2.27. The smallest absolute Gasteiger partial charge is 0.433 e. The molecule has 2 aromatic rings. The van der Waals surface area contributed by atoms with E-state index in [9.17, 15) is 18.0 Å². The molecule has 116 valence electrons. The van der Waals surface area contributed by atoms with Crippen LogP contribution in [0, 0.1) is 0 Å². The Hall–Kier alpha value is -2.64. The van der Waals surface area contributed by atoms with E-state index in [4.69, 9.17) is 4.74 Å². The Morgan fingerprint density at radius 1 is 1.23 bits per heavy atom. The van der Waals surface area contributed by atoms with Gasteiger partial charge in [0.25, 0.3) is 5.91 Å². The van der Waals surface area contributed by atoms with E-state index in [1.165, 1.54) is 31.5 Å². The molecular weight excluding hydrogens is 299 g/mol. The van der Waals surface area contributed by atoms with Gasteiger partial charge in [-0.05, 0) is 18.2 Å². The molecule has 0 bridgehead atoms. The minimum absolute atomic E-state index is 0.0364. The summed E-state index contributed by atoms with van der Waals surface area (Å²) in [5, 5.41) is 0. The van der Waals surface area contributed by atoms with Crippen LogP contribution >= 0.6 is 0 Å². The highest BCUT2D eigenvalue weighted by Gasteiger charge is 2.32. The van der Waals surface area contributed by atoms with E-state index in [1.54, 1.807) is 6.07 Å². The summed E-state index contributed by atoms with van der Waals surface area (Å²) in [6.45, 7) is 0. The topological polar surface area (TPSA) is 55.3 Å². The molecule has 0 aromatic carbocycles. The molecule has 0 aliphatic carbocycles. The zero-order chi connectivity index (χ0) is 16.3. The van der Waals surface area contributed by atoms with Crippen molar-refractivity contribution in [2.75, 3.05) is 19.1 Å². The second-order valence-corrected chi connectivity index (χ2v) is 4.34. The first kappa shape index (κ1) is 15.7. The van der Waals surface area contributed by atoms with Crippen molar-refractivity contribution in [2.24, 2.45) is 0 Å². The highest BCUT2D eigenvalue weighted by molar-refractivity contribution is 6.06. The van der Waals surface area contributed by atoms with Gasteiger partial charge in [-0.2, -0.15) is 13.2 Å². The standard InChI is InChI=1S/C14H12F3N3O2/c1-20(10-5-6-18-8-11(10)22-2)13(21)9-3-4-12(19-7-9)14(15,16)17/h3-8H,1-2H3. The maximum atomic E-state index is 12.5. The number of carbonyl (C=O) groups is 1. The quantitative estimate of drug-likeness (QED) is 0.874. The summed E-state index contributed by atoms with van der Waals surface area (Å²) in [6, 6.07) is 3.42. The SMILES string of the molecule is COc1cnccc1N(C)C(=O)c1ccc(C(F)(F)F)nc1. The second-order valence-electron chi connectivity index (χ2n) is 4.34. The predicted molar refractivity (Wildman–Crippen MR) is 72.8 cm³/mol. The molecule has 22 heavy (non-hydrogen) atoms. The van der Waals surface area contributed by atoms with Crippen molar-refractivity contribution >= 4 is 11.6 Å². The van der Waals surface area contributed by atoms with Crippen molar-refractivity contribution in [1.29, 1.82) is 0 Å². The number of ether oxygens (including phenoxy) is 1. The molecule has 0 unspecified atom stereocenters. The summed E-state index contributed by atoms with van der Waals surface area (Å²) < 4.78 is 42.5. The molecule has 2 rings (SSSR count). The zero-order valence-corrected chi connectivity index (χ0v) is 11.8. The number of hydrogen-bond donors (Lipinski definition) is 0. The van der Waals surface area contributed by atoms with Gasteiger partial charge in [-0.25, -0.2) is 0 Å². The Labute approximate surface area is 124 Å². The first-order valence-corrected chi connectivity index (χ1v) is 6.14. The van der Waals surface area contributed by atoms with E-state index in [2.05, 4.69) is 9.97 Å². The summed E-state index contributed by atoms with van der Waals surface area (Å²) >= 11 is 0. The number of aromatic nitrogens is 2. The van der Waals surface area contributed by atoms with Gasteiger partial charge in [-0.1, -0.05) is 0 Å². The molecule has 2 heterocycles. The lowest BCUT2D eigenvalue weighted by atomic mass is 10.2. The predicted octanol–water partition coefficient (Wildman–Crippen LogP) is 2.78. The van der Waals surface area contributed by atoms with E-state index >= 15 is 0 Å². The summed E-state index contributed by atoms with van der Waals surface area (Å²) in [5.74, 6) is -0.135. The summed E-state index contributed by atoms with van der Waals surface area (Å²) in [6.07, 6.45) is -0.728. The molecule has 2 aromatic heterocycles. The Morgan fingerprint density at radius 2 is 1.95 bits per heavy atom. The monoisotopic (exact) mass is 311 g/mol. The number of rotatable bonds is 3. The van der Waals surface area contributed by atoms with Crippen LogP contribution in [0.2, 0.25) is 0 Å². The van der Waals surface area contributed by atoms with Crippen molar-refractivity contribution in [3.05, 3.63) is 48.0 Å². The fourth-order valence-corrected chi connectivity index (χ4v) is 1.80. The Bertz CT molecular complexity index is 672. The van der Waals surface area contributed by atoms with Gasteiger partial charge in [-0.3, -0.25) is 14.8 Å². The third-order valence-corrected chi connectivity index (χ3v) is 2.95. The molecule has 0 radical (unpaired) electrons. The number of alkyl halides is 3. The van der Waals surface area contributed by atoms with Crippen molar-refractivity contribution < 1.29 is 22.7 Å². The third kappa shape index (κ3) is 3.16. The van der Waals surface area contributed by atoms with Gasteiger partial charge < -0.3 is 9.64 Å². The van der Waals surface area contributed by atoms with Gasteiger partial charge in [0.15, 0.2) is 5.75 Å². The lowest BCUT2D eigenvalue weighted by Gasteiger charge is -2.19. The minimum Gasteiger partial charge on any atom is -0.493 e. The molecule has 0 saturated heterocycles. The average Bonchev–Trinajstić information content (AvgIpc) is 2.52. The van der Waals surface area contributed by atoms with Crippen LogP contribution in [0.15, 0.2) is 36.8 Å². The number of nitrogens with zero attached hydrogens (tertiary/aromatic N) is 3.